The van der Waals surface area contributed by atoms with E-state index in [0.717, 1.165) is 18.7 Å². The van der Waals surface area contributed by atoms with Crippen LogP contribution in [0.15, 0.2) is 17.2 Å². The summed E-state index contributed by atoms with van der Waals surface area (Å²) in [5.74, 6) is 0.311. The van der Waals surface area contributed by atoms with Gasteiger partial charge in [-0.1, -0.05) is 6.92 Å². The van der Waals surface area contributed by atoms with E-state index in [1.54, 1.807) is 12.3 Å². The van der Waals surface area contributed by atoms with Crippen molar-refractivity contribution in [2.45, 2.75) is 56.7 Å². The molecule has 2 heterocycles. The van der Waals surface area contributed by atoms with Crippen LogP contribution in [-0.4, -0.2) is 42.6 Å². The number of alkyl halides is 1. The third kappa shape index (κ3) is 3.62. The van der Waals surface area contributed by atoms with Crippen LogP contribution >= 0.6 is 11.6 Å². The molecule has 0 amide bonds. The molecule has 1 fully saturated rings. The first-order chi connectivity index (χ1) is 9.88. The molecule has 1 aromatic rings. The van der Waals surface area contributed by atoms with E-state index in [1.165, 1.54) is 4.31 Å². The summed E-state index contributed by atoms with van der Waals surface area (Å²) in [6.45, 7) is 7.39. The van der Waals surface area contributed by atoms with E-state index in [0.29, 0.717) is 23.9 Å². The minimum Gasteiger partial charge on any atom is -0.373 e. The number of hydrogen-bond donors (Lipinski definition) is 0. The first-order valence-corrected chi connectivity index (χ1v) is 9.26. The second-order valence-electron chi connectivity index (χ2n) is 5.57. The smallest absolute Gasteiger partial charge is 0.244 e. The maximum Gasteiger partial charge on any atom is 0.244 e. The van der Waals surface area contributed by atoms with Gasteiger partial charge in [-0.3, -0.25) is 0 Å². The highest BCUT2D eigenvalue weighted by Crippen LogP contribution is 2.24. The molecular formula is C14H23ClN2O3S. The second kappa shape index (κ2) is 6.69. The van der Waals surface area contributed by atoms with Crippen molar-refractivity contribution in [3.05, 3.63) is 18.0 Å². The molecule has 0 saturated carbocycles. The Bertz CT molecular complexity index is 575. The van der Waals surface area contributed by atoms with Gasteiger partial charge in [-0.25, -0.2) is 8.42 Å². The lowest BCUT2D eigenvalue weighted by Gasteiger charge is -2.34. The number of sulfonamides is 1. The predicted octanol–water partition coefficient (Wildman–Crippen LogP) is 2.43. The molecule has 5 nitrogen and oxygen atoms in total. The standard InChI is InChI=1S/C14H23ClN2O3S/c1-4-5-16-10-14(6-13(16)7-15)21(18,19)17-8-11(2)20-12(3)9-17/h6,10-12H,4-5,7-9H2,1-3H3. The predicted molar refractivity (Wildman–Crippen MR) is 83.0 cm³/mol. The number of nitrogens with zero attached hydrogens (tertiary/aromatic N) is 2. The van der Waals surface area contributed by atoms with Crippen molar-refractivity contribution in [2.24, 2.45) is 0 Å². The zero-order chi connectivity index (χ0) is 15.6. The Balaban J connectivity index is 2.30. The highest BCUT2D eigenvalue weighted by Gasteiger charge is 2.33. The molecule has 120 valence electrons. The molecule has 0 aromatic carbocycles. The molecule has 1 aromatic heterocycles. The fourth-order valence-corrected chi connectivity index (χ4v) is 4.59. The van der Waals surface area contributed by atoms with Gasteiger partial charge in [-0.2, -0.15) is 4.31 Å². The lowest BCUT2D eigenvalue weighted by Crippen LogP contribution is -2.48. The van der Waals surface area contributed by atoms with E-state index in [1.807, 2.05) is 18.4 Å². The first kappa shape index (κ1) is 16.8. The van der Waals surface area contributed by atoms with Gasteiger partial charge < -0.3 is 9.30 Å². The zero-order valence-corrected chi connectivity index (χ0v) is 14.3. The van der Waals surface area contributed by atoms with Gasteiger partial charge in [0.15, 0.2) is 0 Å². The van der Waals surface area contributed by atoms with E-state index >= 15 is 0 Å². The van der Waals surface area contributed by atoms with Crippen molar-refractivity contribution in [3.8, 4) is 0 Å². The van der Waals surface area contributed by atoms with E-state index in [-0.39, 0.29) is 12.2 Å². The Labute approximate surface area is 131 Å². The Morgan fingerprint density at radius 3 is 2.48 bits per heavy atom. The normalized spacial score (nSPS) is 24.4. The largest absolute Gasteiger partial charge is 0.373 e. The number of aromatic nitrogens is 1. The molecule has 2 unspecified atom stereocenters. The van der Waals surface area contributed by atoms with Crippen LogP contribution in [0.2, 0.25) is 0 Å². The van der Waals surface area contributed by atoms with Gasteiger partial charge in [0.25, 0.3) is 0 Å². The van der Waals surface area contributed by atoms with Gasteiger partial charge in [0.1, 0.15) is 4.90 Å². The molecule has 0 radical (unpaired) electrons. The monoisotopic (exact) mass is 334 g/mol. The average Bonchev–Trinajstić information content (AvgIpc) is 2.82. The SMILES string of the molecule is CCCn1cc(S(=O)(=O)N2CC(C)OC(C)C2)cc1CCl. The van der Waals surface area contributed by atoms with Gasteiger partial charge >= 0.3 is 0 Å². The van der Waals surface area contributed by atoms with Crippen molar-refractivity contribution in [1.29, 1.82) is 0 Å². The van der Waals surface area contributed by atoms with E-state index in [2.05, 4.69) is 6.92 Å². The number of ether oxygens (including phenoxy) is 1. The van der Waals surface area contributed by atoms with Gasteiger partial charge in [-0.05, 0) is 26.3 Å². The van der Waals surface area contributed by atoms with Crippen LogP contribution in [0.3, 0.4) is 0 Å². The minimum atomic E-state index is -3.48. The zero-order valence-electron chi connectivity index (χ0n) is 12.8. The van der Waals surface area contributed by atoms with Crippen molar-refractivity contribution < 1.29 is 13.2 Å². The topological polar surface area (TPSA) is 51.5 Å². The molecular weight excluding hydrogens is 312 g/mol. The number of morpholine rings is 1. The molecule has 7 heteroatoms. The van der Waals surface area contributed by atoms with Gasteiger partial charge in [0.2, 0.25) is 10.0 Å². The Morgan fingerprint density at radius 2 is 1.95 bits per heavy atom. The van der Waals surface area contributed by atoms with Gasteiger partial charge in [0, 0.05) is 31.5 Å². The third-order valence-electron chi connectivity index (χ3n) is 3.59. The quantitative estimate of drug-likeness (QED) is 0.777. The maximum atomic E-state index is 12.8. The van der Waals surface area contributed by atoms with Crippen LogP contribution in [0.1, 0.15) is 32.9 Å². The van der Waals surface area contributed by atoms with E-state index in [4.69, 9.17) is 16.3 Å². The van der Waals surface area contributed by atoms with E-state index < -0.39 is 10.0 Å². The number of rotatable bonds is 5. The average molecular weight is 335 g/mol. The van der Waals surface area contributed by atoms with Crippen LogP contribution < -0.4 is 0 Å². The molecule has 2 atom stereocenters. The second-order valence-corrected chi connectivity index (χ2v) is 7.78. The summed E-state index contributed by atoms with van der Waals surface area (Å²) in [7, 11) is -3.48. The Hall–Kier alpha value is -0.560. The Morgan fingerprint density at radius 1 is 1.33 bits per heavy atom. The van der Waals surface area contributed by atoms with Crippen molar-refractivity contribution in [3.63, 3.8) is 0 Å². The number of hydrogen-bond acceptors (Lipinski definition) is 3. The summed E-state index contributed by atoms with van der Waals surface area (Å²) >= 11 is 5.91. The summed E-state index contributed by atoms with van der Waals surface area (Å²) in [5.41, 5.74) is 0.839. The number of halogens is 1. The maximum absolute atomic E-state index is 12.8. The Kier molecular flexibility index (Phi) is 5.35. The summed E-state index contributed by atoms with van der Waals surface area (Å²) < 4.78 is 34.6. The summed E-state index contributed by atoms with van der Waals surface area (Å²) in [4.78, 5) is 0.327. The molecule has 0 bridgehead atoms. The molecule has 1 aliphatic rings. The van der Waals surface area contributed by atoms with Crippen molar-refractivity contribution >= 4 is 21.6 Å². The lowest BCUT2D eigenvalue weighted by molar-refractivity contribution is -0.0440. The molecule has 0 N–H and O–H groups in total. The molecule has 0 aliphatic carbocycles. The summed E-state index contributed by atoms with van der Waals surface area (Å²) in [6, 6.07) is 1.68. The van der Waals surface area contributed by atoms with Crippen LogP contribution in [0.5, 0.6) is 0 Å². The van der Waals surface area contributed by atoms with Gasteiger partial charge in [-0.15, -0.1) is 11.6 Å². The fraction of sp³-hybridized carbons (Fsp3) is 0.714. The molecule has 21 heavy (non-hydrogen) atoms. The summed E-state index contributed by atoms with van der Waals surface area (Å²) in [5, 5.41) is 0. The van der Waals surface area contributed by atoms with Crippen molar-refractivity contribution in [2.75, 3.05) is 13.1 Å². The number of aryl methyl sites for hydroxylation is 1. The highest BCUT2D eigenvalue weighted by atomic mass is 35.5. The first-order valence-electron chi connectivity index (χ1n) is 7.29. The van der Waals surface area contributed by atoms with Crippen LogP contribution in [0.25, 0.3) is 0 Å². The molecule has 1 saturated heterocycles. The van der Waals surface area contributed by atoms with Gasteiger partial charge in [0.05, 0.1) is 18.1 Å². The molecule has 2 rings (SSSR count). The highest BCUT2D eigenvalue weighted by molar-refractivity contribution is 7.89. The minimum absolute atomic E-state index is 0.0891. The molecule has 0 spiro atoms. The van der Waals surface area contributed by atoms with Crippen LogP contribution in [-0.2, 0) is 27.2 Å². The third-order valence-corrected chi connectivity index (χ3v) is 5.66. The van der Waals surface area contributed by atoms with Crippen molar-refractivity contribution in [1.82, 2.24) is 8.87 Å². The van der Waals surface area contributed by atoms with E-state index in [9.17, 15) is 8.42 Å². The molecule has 1 aliphatic heterocycles. The summed E-state index contributed by atoms with van der Waals surface area (Å²) in [6.07, 6.45) is 2.45. The van der Waals surface area contributed by atoms with Crippen LogP contribution in [0, 0.1) is 0 Å². The van der Waals surface area contributed by atoms with Crippen LogP contribution in [0.4, 0.5) is 0 Å². The lowest BCUT2D eigenvalue weighted by atomic mass is 10.3. The fourth-order valence-electron chi connectivity index (χ4n) is 2.70.